The van der Waals surface area contributed by atoms with E-state index in [2.05, 4.69) is 0 Å². The van der Waals surface area contributed by atoms with Gasteiger partial charge in [-0.05, 0) is 13.8 Å². The largest absolute Gasteiger partial charge is 0.369 e. The monoisotopic (exact) mass is 220 g/mol. The van der Waals surface area contributed by atoms with E-state index in [1.54, 1.807) is 18.2 Å². The van der Waals surface area contributed by atoms with Gasteiger partial charge in [-0.25, -0.2) is 0 Å². The van der Waals surface area contributed by atoms with Crippen LogP contribution in [0.4, 0.5) is 0 Å². The molecule has 1 aromatic carbocycles. The molecule has 0 saturated carbocycles. The minimum absolute atomic E-state index is 0.135. The third-order valence-corrected chi connectivity index (χ3v) is 2.38. The van der Waals surface area contributed by atoms with Crippen LogP contribution >= 0.6 is 0 Å². The van der Waals surface area contributed by atoms with Crippen LogP contribution < -0.4 is 0 Å². The van der Waals surface area contributed by atoms with Crippen molar-refractivity contribution in [2.45, 2.75) is 19.4 Å². The van der Waals surface area contributed by atoms with Crippen LogP contribution in [0, 0.1) is 0 Å². The molecule has 4 heteroatoms. The van der Waals surface area contributed by atoms with E-state index in [0.29, 0.717) is 0 Å². The number of hydrogen-bond donors (Lipinski definition) is 1. The molecule has 0 aliphatic carbocycles. The number of rotatable bonds is 4. The quantitative estimate of drug-likeness (QED) is 0.601. The second-order valence-electron chi connectivity index (χ2n) is 3.52. The fourth-order valence-corrected chi connectivity index (χ4v) is 1.37. The second kappa shape index (κ2) is 4.37. The van der Waals surface area contributed by atoms with Crippen molar-refractivity contribution in [2.24, 2.45) is 0 Å². The number of carbonyl (C=O) groups is 3. The number of ketones is 3. The Morgan fingerprint density at radius 2 is 1.44 bits per heavy atom. The minimum Gasteiger partial charge on any atom is -0.369 e. The molecule has 1 rings (SSSR count). The summed E-state index contributed by atoms with van der Waals surface area (Å²) in [5.74, 6) is -2.61. The van der Waals surface area contributed by atoms with Crippen molar-refractivity contribution in [3.63, 3.8) is 0 Å². The Morgan fingerprint density at radius 3 is 1.81 bits per heavy atom. The Labute approximate surface area is 92.9 Å². The summed E-state index contributed by atoms with van der Waals surface area (Å²) in [6, 6.07) is 7.76. The molecule has 0 spiro atoms. The van der Waals surface area contributed by atoms with Crippen molar-refractivity contribution in [3.05, 3.63) is 35.9 Å². The van der Waals surface area contributed by atoms with Gasteiger partial charge >= 0.3 is 0 Å². The van der Waals surface area contributed by atoms with Gasteiger partial charge in [0, 0.05) is 5.56 Å². The van der Waals surface area contributed by atoms with E-state index in [1.165, 1.54) is 12.1 Å². The average molecular weight is 220 g/mol. The smallest absolute Gasteiger partial charge is 0.244 e. The summed E-state index contributed by atoms with van der Waals surface area (Å²) in [4.78, 5) is 34.3. The lowest BCUT2D eigenvalue weighted by Gasteiger charge is -2.20. The molecular weight excluding hydrogens is 208 g/mol. The van der Waals surface area contributed by atoms with Crippen LogP contribution in [-0.2, 0) is 9.59 Å². The molecule has 0 saturated heterocycles. The molecule has 0 heterocycles. The Morgan fingerprint density at radius 1 is 1.00 bits per heavy atom. The Hall–Kier alpha value is -1.81. The molecule has 0 aromatic heterocycles. The van der Waals surface area contributed by atoms with Crippen molar-refractivity contribution in [1.29, 1.82) is 0 Å². The summed E-state index contributed by atoms with van der Waals surface area (Å²) in [6.45, 7) is 2.03. The highest BCUT2D eigenvalue weighted by Crippen LogP contribution is 2.16. The molecule has 84 valence electrons. The molecular formula is C12H12O4. The Bertz CT molecular complexity index is 420. The second-order valence-corrected chi connectivity index (χ2v) is 3.52. The maximum atomic E-state index is 11.9. The van der Waals surface area contributed by atoms with Crippen molar-refractivity contribution in [3.8, 4) is 0 Å². The molecule has 0 aliphatic rings. The fourth-order valence-electron chi connectivity index (χ4n) is 1.37. The molecule has 0 amide bonds. The highest BCUT2D eigenvalue weighted by Gasteiger charge is 2.46. The number of Topliss-reactive ketones (excluding diaryl/α,β-unsaturated/α-hetero) is 3. The minimum atomic E-state index is -2.55. The molecule has 0 bridgehead atoms. The third-order valence-electron chi connectivity index (χ3n) is 2.38. The first-order chi connectivity index (χ1) is 7.40. The summed E-state index contributed by atoms with van der Waals surface area (Å²) < 4.78 is 0. The number of carbonyl (C=O) groups excluding carboxylic acids is 3. The standard InChI is InChI=1S/C12H12O4/c1-8(13)12(16,9(2)14)11(15)10-6-4-3-5-7-10/h3-7,16H,1-2H3. The third kappa shape index (κ3) is 1.92. The van der Waals surface area contributed by atoms with E-state index >= 15 is 0 Å². The van der Waals surface area contributed by atoms with Crippen LogP contribution in [0.25, 0.3) is 0 Å². The predicted octanol–water partition coefficient (Wildman–Crippen LogP) is 0.778. The number of benzene rings is 1. The SMILES string of the molecule is CC(=O)C(O)(C(C)=O)C(=O)c1ccccc1. The van der Waals surface area contributed by atoms with Gasteiger partial charge in [-0.15, -0.1) is 0 Å². The molecule has 0 fully saturated rings. The van der Waals surface area contributed by atoms with Gasteiger partial charge in [0.05, 0.1) is 0 Å². The van der Waals surface area contributed by atoms with Gasteiger partial charge in [0.1, 0.15) is 0 Å². The number of aliphatic hydroxyl groups is 1. The van der Waals surface area contributed by atoms with E-state index in [4.69, 9.17) is 0 Å². The fraction of sp³-hybridized carbons (Fsp3) is 0.250. The lowest BCUT2D eigenvalue weighted by atomic mass is 9.86. The summed E-state index contributed by atoms with van der Waals surface area (Å²) >= 11 is 0. The van der Waals surface area contributed by atoms with E-state index in [-0.39, 0.29) is 5.56 Å². The summed E-state index contributed by atoms with van der Waals surface area (Å²) in [7, 11) is 0. The molecule has 0 unspecified atom stereocenters. The first kappa shape index (κ1) is 12.3. The maximum absolute atomic E-state index is 11.9. The molecule has 4 nitrogen and oxygen atoms in total. The van der Waals surface area contributed by atoms with Gasteiger partial charge in [-0.3, -0.25) is 14.4 Å². The predicted molar refractivity (Wildman–Crippen MR) is 57.1 cm³/mol. The van der Waals surface area contributed by atoms with E-state index in [1.807, 2.05) is 0 Å². The van der Waals surface area contributed by atoms with Crippen LogP contribution in [-0.4, -0.2) is 28.1 Å². The normalized spacial score (nSPS) is 10.9. The lowest BCUT2D eigenvalue weighted by Crippen LogP contribution is -2.51. The van der Waals surface area contributed by atoms with Gasteiger partial charge in [-0.2, -0.15) is 0 Å². The number of hydrogen-bond acceptors (Lipinski definition) is 4. The van der Waals surface area contributed by atoms with Gasteiger partial charge in [0.25, 0.3) is 0 Å². The van der Waals surface area contributed by atoms with Gasteiger partial charge in [0.2, 0.25) is 11.4 Å². The summed E-state index contributed by atoms with van der Waals surface area (Å²) in [5.41, 5.74) is -2.42. The Balaban J connectivity index is 3.22. The summed E-state index contributed by atoms with van der Waals surface area (Å²) in [6.07, 6.45) is 0. The van der Waals surface area contributed by atoms with Crippen LogP contribution in [0.1, 0.15) is 24.2 Å². The van der Waals surface area contributed by atoms with Crippen molar-refractivity contribution >= 4 is 17.3 Å². The highest BCUT2D eigenvalue weighted by atomic mass is 16.3. The Kier molecular flexibility index (Phi) is 3.34. The van der Waals surface area contributed by atoms with Crippen molar-refractivity contribution in [1.82, 2.24) is 0 Å². The zero-order valence-corrected chi connectivity index (χ0v) is 9.06. The van der Waals surface area contributed by atoms with Crippen molar-refractivity contribution < 1.29 is 19.5 Å². The highest BCUT2D eigenvalue weighted by molar-refractivity contribution is 6.31. The van der Waals surface area contributed by atoms with Gasteiger partial charge in [-0.1, -0.05) is 30.3 Å². The molecule has 0 radical (unpaired) electrons. The molecule has 0 atom stereocenters. The van der Waals surface area contributed by atoms with Gasteiger partial charge in [0.15, 0.2) is 11.6 Å². The molecule has 1 N–H and O–H groups in total. The van der Waals surface area contributed by atoms with Crippen LogP contribution in [0.5, 0.6) is 0 Å². The summed E-state index contributed by atoms with van der Waals surface area (Å²) in [5, 5.41) is 9.84. The van der Waals surface area contributed by atoms with E-state index in [0.717, 1.165) is 13.8 Å². The molecule has 1 aromatic rings. The lowest BCUT2D eigenvalue weighted by molar-refractivity contribution is -0.142. The molecule has 0 aliphatic heterocycles. The molecule has 16 heavy (non-hydrogen) atoms. The van der Waals surface area contributed by atoms with E-state index in [9.17, 15) is 19.5 Å². The first-order valence-electron chi connectivity index (χ1n) is 4.75. The zero-order valence-electron chi connectivity index (χ0n) is 9.06. The maximum Gasteiger partial charge on any atom is 0.244 e. The van der Waals surface area contributed by atoms with Crippen LogP contribution in [0.3, 0.4) is 0 Å². The van der Waals surface area contributed by atoms with Crippen molar-refractivity contribution in [2.75, 3.05) is 0 Å². The van der Waals surface area contributed by atoms with Crippen LogP contribution in [0.15, 0.2) is 30.3 Å². The van der Waals surface area contributed by atoms with Gasteiger partial charge < -0.3 is 5.11 Å². The topological polar surface area (TPSA) is 71.4 Å². The average Bonchev–Trinajstić information content (AvgIpc) is 2.27. The first-order valence-corrected chi connectivity index (χ1v) is 4.75. The zero-order chi connectivity index (χ0) is 12.3. The van der Waals surface area contributed by atoms with Crippen LogP contribution in [0.2, 0.25) is 0 Å². The van der Waals surface area contributed by atoms with E-state index < -0.39 is 23.0 Å².